The summed E-state index contributed by atoms with van der Waals surface area (Å²) in [7, 11) is 1.53. The Morgan fingerprint density at radius 2 is 1.74 bits per heavy atom. The monoisotopic (exact) mass is 318 g/mol. The van der Waals surface area contributed by atoms with E-state index in [4.69, 9.17) is 4.74 Å². The molecule has 1 saturated heterocycles. The van der Waals surface area contributed by atoms with Crippen LogP contribution in [0.25, 0.3) is 0 Å². The Hall–Kier alpha value is -2.21. The molecule has 0 aliphatic carbocycles. The highest BCUT2D eigenvalue weighted by atomic mass is 16.5. The van der Waals surface area contributed by atoms with Gasteiger partial charge in [-0.2, -0.15) is 0 Å². The lowest BCUT2D eigenvalue weighted by atomic mass is 9.78. The smallest absolute Gasteiger partial charge is 0.330 e. The number of hydrogen-bond donors (Lipinski definition) is 1. The number of methoxy groups -OCH3 is 1. The lowest BCUT2D eigenvalue weighted by molar-refractivity contribution is -0.153. The van der Waals surface area contributed by atoms with E-state index in [1.165, 1.54) is 7.11 Å². The molecule has 0 bridgehead atoms. The van der Waals surface area contributed by atoms with Gasteiger partial charge in [-0.1, -0.05) is 44.2 Å². The van der Waals surface area contributed by atoms with Gasteiger partial charge in [-0.15, -0.1) is 0 Å². The quantitative estimate of drug-likeness (QED) is 0.816. The molecule has 2 rings (SSSR count). The lowest BCUT2D eigenvalue weighted by Crippen LogP contribution is -2.64. The second kappa shape index (κ2) is 6.91. The van der Waals surface area contributed by atoms with Crippen LogP contribution in [-0.4, -0.2) is 36.4 Å². The normalized spacial score (nSPS) is 18.7. The number of nitrogens with zero attached hydrogens (tertiary/aromatic N) is 1. The van der Waals surface area contributed by atoms with E-state index >= 15 is 0 Å². The van der Waals surface area contributed by atoms with Gasteiger partial charge in [-0.25, -0.2) is 4.79 Å². The van der Waals surface area contributed by atoms with E-state index in [0.717, 1.165) is 10.5 Å². The molecule has 0 radical (unpaired) electrons. The van der Waals surface area contributed by atoms with Crippen molar-refractivity contribution >= 4 is 17.8 Å². The molecule has 6 nitrogen and oxygen atoms in total. The molecule has 23 heavy (non-hydrogen) atoms. The Balaban J connectivity index is 2.28. The van der Waals surface area contributed by atoms with Crippen molar-refractivity contribution in [2.24, 2.45) is 5.41 Å². The number of imide groups is 2. The Morgan fingerprint density at radius 3 is 2.26 bits per heavy atom. The van der Waals surface area contributed by atoms with Gasteiger partial charge >= 0.3 is 6.03 Å². The third kappa shape index (κ3) is 2.99. The molecule has 1 N–H and O–H groups in total. The Morgan fingerprint density at radius 1 is 1.13 bits per heavy atom. The van der Waals surface area contributed by atoms with Crippen LogP contribution in [0.5, 0.6) is 0 Å². The highest BCUT2D eigenvalue weighted by Crippen LogP contribution is 2.33. The van der Waals surface area contributed by atoms with Gasteiger partial charge in [0.05, 0.1) is 6.54 Å². The molecule has 1 atom stereocenters. The summed E-state index contributed by atoms with van der Waals surface area (Å²) < 4.78 is 5.44. The maximum absolute atomic E-state index is 12.8. The Kier molecular flexibility index (Phi) is 5.15. The molecule has 0 saturated carbocycles. The van der Waals surface area contributed by atoms with Crippen LogP contribution in [0, 0.1) is 5.41 Å². The molecule has 1 unspecified atom stereocenters. The molecular formula is C17H22N2O4. The molecule has 0 spiro atoms. The fourth-order valence-corrected chi connectivity index (χ4v) is 2.92. The molecule has 1 fully saturated rings. The number of amides is 4. The number of hydrogen-bond acceptors (Lipinski definition) is 4. The predicted octanol–water partition coefficient (Wildman–Crippen LogP) is 2.26. The highest BCUT2D eigenvalue weighted by Gasteiger charge is 2.51. The van der Waals surface area contributed by atoms with E-state index in [0.29, 0.717) is 12.8 Å². The van der Waals surface area contributed by atoms with E-state index in [9.17, 15) is 14.4 Å². The minimum Gasteiger partial charge on any atom is -0.375 e. The van der Waals surface area contributed by atoms with Crippen LogP contribution in [0.3, 0.4) is 0 Å². The number of rotatable bonds is 6. The first-order valence-electron chi connectivity index (χ1n) is 7.75. The van der Waals surface area contributed by atoms with Crippen molar-refractivity contribution in [1.29, 1.82) is 0 Å². The van der Waals surface area contributed by atoms with Crippen molar-refractivity contribution in [3.8, 4) is 0 Å². The van der Waals surface area contributed by atoms with Gasteiger partial charge in [0.25, 0.3) is 0 Å². The number of nitrogens with one attached hydrogen (secondary N) is 1. The maximum atomic E-state index is 12.8. The Bertz CT molecular complexity index is 596. The zero-order valence-corrected chi connectivity index (χ0v) is 13.7. The van der Waals surface area contributed by atoms with Crippen molar-refractivity contribution in [2.75, 3.05) is 13.7 Å². The van der Waals surface area contributed by atoms with Gasteiger partial charge in [-0.3, -0.25) is 19.8 Å². The summed E-state index contributed by atoms with van der Waals surface area (Å²) in [5.41, 5.74) is -0.311. The Labute approximate surface area is 135 Å². The molecule has 1 aliphatic heterocycles. The van der Waals surface area contributed by atoms with Crippen LogP contribution in [0.1, 0.15) is 38.4 Å². The van der Waals surface area contributed by atoms with Gasteiger partial charge in [-0.05, 0) is 18.4 Å². The fraction of sp³-hybridized carbons (Fsp3) is 0.471. The molecule has 1 aromatic rings. The maximum Gasteiger partial charge on any atom is 0.330 e. The summed E-state index contributed by atoms with van der Waals surface area (Å²) in [6, 6.07) is 8.68. The minimum atomic E-state index is -1.18. The number of carbonyl (C=O) groups is 3. The van der Waals surface area contributed by atoms with Crippen LogP contribution in [0.15, 0.2) is 30.3 Å². The van der Waals surface area contributed by atoms with Gasteiger partial charge in [0, 0.05) is 7.11 Å². The van der Waals surface area contributed by atoms with E-state index in [-0.39, 0.29) is 6.54 Å². The van der Waals surface area contributed by atoms with E-state index in [1.807, 2.05) is 30.3 Å². The van der Waals surface area contributed by atoms with Crippen LogP contribution >= 0.6 is 0 Å². The second-order valence-electron chi connectivity index (χ2n) is 5.60. The van der Waals surface area contributed by atoms with Crippen molar-refractivity contribution in [1.82, 2.24) is 10.2 Å². The topological polar surface area (TPSA) is 75.7 Å². The number of barbiturate groups is 1. The minimum absolute atomic E-state index is 0.0697. The molecule has 0 aromatic heterocycles. The lowest BCUT2D eigenvalue weighted by Gasteiger charge is -2.39. The second-order valence-corrected chi connectivity index (χ2v) is 5.60. The molecule has 1 heterocycles. The summed E-state index contributed by atoms with van der Waals surface area (Å²) in [6.45, 7) is 3.63. The van der Waals surface area contributed by atoms with Crippen molar-refractivity contribution in [3.63, 3.8) is 0 Å². The van der Waals surface area contributed by atoms with Gasteiger partial charge in [0.2, 0.25) is 11.8 Å². The van der Waals surface area contributed by atoms with E-state index < -0.39 is 29.4 Å². The average molecular weight is 318 g/mol. The molecule has 1 aliphatic rings. The first-order chi connectivity index (χ1) is 11.0. The largest absolute Gasteiger partial charge is 0.375 e. The third-order valence-corrected chi connectivity index (χ3v) is 4.57. The molecule has 124 valence electrons. The zero-order chi connectivity index (χ0) is 17.0. The number of ether oxygens (including phenoxy) is 1. The average Bonchev–Trinajstić information content (AvgIpc) is 2.57. The number of benzene rings is 1. The summed E-state index contributed by atoms with van der Waals surface area (Å²) in [5, 5.41) is 2.31. The number of urea groups is 1. The van der Waals surface area contributed by atoms with Gasteiger partial charge in [0.1, 0.15) is 11.5 Å². The molecule has 6 heteroatoms. The highest BCUT2D eigenvalue weighted by molar-refractivity contribution is 6.19. The summed E-state index contributed by atoms with van der Waals surface area (Å²) >= 11 is 0. The fourth-order valence-electron chi connectivity index (χ4n) is 2.92. The third-order valence-electron chi connectivity index (χ3n) is 4.57. The van der Waals surface area contributed by atoms with Gasteiger partial charge in [0.15, 0.2) is 0 Å². The SMILES string of the molecule is CCC1(CC)C(=O)NC(=O)N(CC(OC)c2ccccc2)C1=O. The van der Waals surface area contributed by atoms with Crippen LogP contribution in [-0.2, 0) is 14.3 Å². The summed E-state index contributed by atoms with van der Waals surface area (Å²) in [5.74, 6) is -0.961. The van der Waals surface area contributed by atoms with E-state index in [1.54, 1.807) is 13.8 Å². The van der Waals surface area contributed by atoms with Gasteiger partial charge < -0.3 is 4.74 Å². The van der Waals surface area contributed by atoms with Crippen LogP contribution in [0.4, 0.5) is 4.79 Å². The predicted molar refractivity (Wildman–Crippen MR) is 84.5 cm³/mol. The van der Waals surface area contributed by atoms with Crippen molar-refractivity contribution in [2.45, 2.75) is 32.8 Å². The van der Waals surface area contributed by atoms with Crippen molar-refractivity contribution in [3.05, 3.63) is 35.9 Å². The summed E-state index contributed by atoms with van der Waals surface area (Å²) in [4.78, 5) is 38.2. The van der Waals surface area contributed by atoms with Crippen molar-refractivity contribution < 1.29 is 19.1 Å². The van der Waals surface area contributed by atoms with Crippen LogP contribution in [0.2, 0.25) is 0 Å². The molecule has 1 aromatic carbocycles. The number of carbonyl (C=O) groups excluding carboxylic acids is 3. The first-order valence-corrected chi connectivity index (χ1v) is 7.75. The van der Waals surface area contributed by atoms with E-state index in [2.05, 4.69) is 5.32 Å². The zero-order valence-electron chi connectivity index (χ0n) is 13.7. The molecule has 4 amide bonds. The molecular weight excluding hydrogens is 296 g/mol. The van der Waals surface area contributed by atoms with Crippen LogP contribution < -0.4 is 5.32 Å². The standard InChI is InChI=1S/C17H22N2O4/c1-4-17(5-2)14(20)18-16(22)19(15(17)21)11-13(23-3)12-9-7-6-8-10-12/h6-10,13H,4-5,11H2,1-3H3,(H,18,20,22). The summed E-state index contributed by atoms with van der Waals surface area (Å²) in [6.07, 6.45) is 0.257. The first kappa shape index (κ1) is 17.1.